The Hall–Kier alpha value is -7.72. The number of benzene rings is 10. The lowest BCUT2D eigenvalue weighted by Gasteiger charge is -2.46. The van der Waals surface area contributed by atoms with Gasteiger partial charge in [0.05, 0.1) is 22.5 Å². The van der Waals surface area contributed by atoms with Crippen molar-refractivity contribution in [3.63, 3.8) is 0 Å². The van der Waals surface area contributed by atoms with Crippen molar-refractivity contribution in [2.45, 2.75) is 5.41 Å². The van der Waals surface area contributed by atoms with Gasteiger partial charge in [-0.25, -0.2) is 0 Å². The normalized spacial score (nSPS) is 12.9. The Morgan fingerprint density at radius 3 is 1.61 bits per heavy atom. The first-order chi connectivity index (χ1) is 30.8. The Labute approximate surface area is 365 Å². The van der Waals surface area contributed by atoms with E-state index in [4.69, 9.17) is 0 Å². The highest BCUT2D eigenvalue weighted by Gasteiger charge is 2.47. The summed E-state index contributed by atoms with van der Waals surface area (Å²) in [5.74, 6) is 0. The van der Waals surface area contributed by atoms with Gasteiger partial charge in [0.15, 0.2) is 0 Å². The molecule has 292 valence electrons. The lowest BCUT2D eigenvalue weighted by atomic mass is 9.62. The second kappa shape index (κ2) is 14.8. The van der Waals surface area contributed by atoms with Crippen LogP contribution in [0.2, 0.25) is 0 Å². The monoisotopic (exact) mass is 808 g/mol. The Kier molecular flexibility index (Phi) is 8.62. The molecule has 0 bridgehead atoms. The molecule has 0 atom stereocenters. The zero-order valence-corrected chi connectivity index (χ0v) is 34.7. The van der Waals surface area contributed by atoms with E-state index in [1.165, 1.54) is 75.7 Å². The first kappa shape index (κ1) is 36.2. The third kappa shape index (κ3) is 5.63. The van der Waals surface area contributed by atoms with Crippen LogP contribution in [0, 0.1) is 0 Å². The van der Waals surface area contributed by atoms with Crippen molar-refractivity contribution in [3.05, 3.63) is 265 Å². The highest BCUT2D eigenvalue weighted by atomic mass is 32.1. The summed E-state index contributed by atoms with van der Waals surface area (Å²) in [7, 11) is 0. The molecule has 0 saturated carbocycles. The molecule has 11 aromatic rings. The zero-order chi connectivity index (χ0) is 41.0. The minimum atomic E-state index is -0.563. The van der Waals surface area contributed by atoms with Gasteiger partial charge in [0.2, 0.25) is 0 Å². The van der Waals surface area contributed by atoms with E-state index in [1.807, 2.05) is 11.3 Å². The zero-order valence-electron chi connectivity index (χ0n) is 33.9. The number of anilines is 6. The summed E-state index contributed by atoms with van der Waals surface area (Å²) in [6, 6.07) is 88.9. The average Bonchev–Trinajstić information content (AvgIpc) is 3.74. The highest BCUT2D eigenvalue weighted by molar-refractivity contribution is 7.26. The van der Waals surface area contributed by atoms with Crippen LogP contribution in [0.3, 0.4) is 0 Å². The summed E-state index contributed by atoms with van der Waals surface area (Å²) < 4.78 is 2.64. The quantitative estimate of drug-likeness (QED) is 0.158. The minimum absolute atomic E-state index is 0.563. The predicted octanol–water partition coefficient (Wildman–Crippen LogP) is 16.5. The molecule has 1 aliphatic heterocycles. The number of hydrogen-bond acceptors (Lipinski definition) is 3. The second-order valence-corrected chi connectivity index (χ2v) is 17.1. The standard InChI is InChI=1S/C59H40N2S/c1-3-19-44(20-4-1)59(53-28-16-25-50-49-24-9-14-32-57(49)62-58(50)53)51-26-10-12-29-55(51)61(56-30-13-11-27-52(56)59)47-39-35-42(36-40-47)41-33-37-46(38-34-41)60(45-21-5-2-6-22-45)54-31-15-18-43-17-7-8-23-48(43)54/h1-40H. The van der Waals surface area contributed by atoms with Crippen LogP contribution in [-0.2, 0) is 5.41 Å². The molecule has 1 aromatic heterocycles. The van der Waals surface area contributed by atoms with Gasteiger partial charge in [0.1, 0.15) is 0 Å². The Morgan fingerprint density at radius 2 is 0.887 bits per heavy atom. The van der Waals surface area contributed by atoms with Crippen molar-refractivity contribution in [2.24, 2.45) is 0 Å². The molecule has 62 heavy (non-hydrogen) atoms. The van der Waals surface area contributed by atoms with Crippen molar-refractivity contribution < 1.29 is 0 Å². The molecule has 0 aliphatic carbocycles. The summed E-state index contributed by atoms with van der Waals surface area (Å²) in [5, 5.41) is 5.06. The molecule has 1 aliphatic rings. The first-order valence-electron chi connectivity index (χ1n) is 21.3. The summed E-state index contributed by atoms with van der Waals surface area (Å²) in [4.78, 5) is 4.82. The topological polar surface area (TPSA) is 6.48 Å². The molecule has 12 rings (SSSR count). The van der Waals surface area contributed by atoms with Crippen molar-refractivity contribution in [1.82, 2.24) is 0 Å². The van der Waals surface area contributed by atoms with Crippen LogP contribution in [0.5, 0.6) is 0 Å². The molecule has 0 saturated heterocycles. The van der Waals surface area contributed by atoms with E-state index in [9.17, 15) is 0 Å². The van der Waals surface area contributed by atoms with E-state index in [2.05, 4.69) is 252 Å². The van der Waals surface area contributed by atoms with Gasteiger partial charge >= 0.3 is 0 Å². The van der Waals surface area contributed by atoms with Gasteiger partial charge in [0.25, 0.3) is 0 Å². The van der Waals surface area contributed by atoms with Crippen LogP contribution in [0.1, 0.15) is 22.3 Å². The molecule has 10 aromatic carbocycles. The van der Waals surface area contributed by atoms with Crippen LogP contribution >= 0.6 is 11.3 Å². The van der Waals surface area contributed by atoms with Crippen molar-refractivity contribution in [2.75, 3.05) is 9.80 Å². The van der Waals surface area contributed by atoms with E-state index in [0.717, 1.165) is 22.7 Å². The molecule has 0 radical (unpaired) electrons. The molecule has 2 nitrogen and oxygen atoms in total. The second-order valence-electron chi connectivity index (χ2n) is 16.0. The average molecular weight is 809 g/mol. The number of rotatable bonds is 7. The maximum atomic E-state index is 2.46. The number of thiophene rings is 1. The van der Waals surface area contributed by atoms with Crippen LogP contribution in [-0.4, -0.2) is 0 Å². The largest absolute Gasteiger partial charge is 0.310 e. The van der Waals surface area contributed by atoms with E-state index < -0.39 is 5.41 Å². The molecule has 0 unspecified atom stereocenters. The van der Waals surface area contributed by atoms with E-state index in [-0.39, 0.29) is 0 Å². The third-order valence-electron chi connectivity index (χ3n) is 12.7. The van der Waals surface area contributed by atoms with Gasteiger partial charge in [0, 0.05) is 42.6 Å². The lowest BCUT2D eigenvalue weighted by Crippen LogP contribution is -2.37. The molecular formula is C59H40N2S. The van der Waals surface area contributed by atoms with Gasteiger partial charge in [-0.15, -0.1) is 11.3 Å². The van der Waals surface area contributed by atoms with Crippen molar-refractivity contribution >= 4 is 76.4 Å². The fourth-order valence-electron chi connectivity index (χ4n) is 10.0. The Balaban J connectivity index is 0.969. The van der Waals surface area contributed by atoms with Gasteiger partial charge < -0.3 is 9.80 Å². The number of fused-ring (bicyclic) bond motifs is 6. The van der Waals surface area contributed by atoms with Gasteiger partial charge in [-0.2, -0.15) is 0 Å². The molecule has 0 N–H and O–H groups in total. The van der Waals surface area contributed by atoms with Crippen LogP contribution in [0.15, 0.2) is 243 Å². The molecule has 0 spiro atoms. The summed E-state index contributed by atoms with van der Waals surface area (Å²) in [6.07, 6.45) is 0. The van der Waals surface area contributed by atoms with Crippen LogP contribution < -0.4 is 9.80 Å². The maximum absolute atomic E-state index is 2.46. The van der Waals surface area contributed by atoms with Crippen LogP contribution in [0.25, 0.3) is 42.1 Å². The first-order valence-corrected chi connectivity index (χ1v) is 22.1. The lowest BCUT2D eigenvalue weighted by molar-refractivity contribution is 0.739. The maximum Gasteiger partial charge on any atom is 0.0756 e. The summed E-state index contributed by atoms with van der Waals surface area (Å²) >= 11 is 1.91. The Morgan fingerprint density at radius 1 is 0.371 bits per heavy atom. The minimum Gasteiger partial charge on any atom is -0.310 e. The van der Waals surface area contributed by atoms with E-state index in [1.54, 1.807) is 0 Å². The van der Waals surface area contributed by atoms with E-state index in [0.29, 0.717) is 0 Å². The van der Waals surface area contributed by atoms with Crippen LogP contribution in [0.4, 0.5) is 34.1 Å². The molecule has 0 amide bonds. The van der Waals surface area contributed by atoms with Gasteiger partial charge in [-0.05, 0) is 99.4 Å². The highest BCUT2D eigenvalue weighted by Crippen LogP contribution is 2.59. The summed E-state index contributed by atoms with van der Waals surface area (Å²) in [6.45, 7) is 0. The van der Waals surface area contributed by atoms with Crippen molar-refractivity contribution in [3.8, 4) is 11.1 Å². The van der Waals surface area contributed by atoms with Gasteiger partial charge in [-0.1, -0.05) is 182 Å². The third-order valence-corrected chi connectivity index (χ3v) is 13.9. The Bertz CT molecular complexity index is 3350. The van der Waals surface area contributed by atoms with Crippen molar-refractivity contribution in [1.29, 1.82) is 0 Å². The SMILES string of the molecule is c1ccc(N(c2ccc(-c3ccc(N4c5ccccc5C(c5ccccc5)(c5cccc6c5sc5ccccc56)c5ccccc54)cc3)cc2)c2cccc3ccccc23)cc1. The fraction of sp³-hybridized carbons (Fsp3) is 0.0169. The fourth-order valence-corrected chi connectivity index (χ4v) is 11.3. The molecule has 2 heterocycles. The smallest absolute Gasteiger partial charge is 0.0756 e. The summed E-state index contributed by atoms with van der Waals surface area (Å²) in [5.41, 5.74) is 13.8. The molecular weight excluding hydrogens is 769 g/mol. The number of para-hydroxylation sites is 3. The molecule has 3 heteroatoms. The molecule has 0 fully saturated rings. The number of nitrogens with zero attached hydrogens (tertiary/aromatic N) is 2. The predicted molar refractivity (Wildman–Crippen MR) is 264 cm³/mol. The van der Waals surface area contributed by atoms with E-state index >= 15 is 0 Å². The van der Waals surface area contributed by atoms with Gasteiger partial charge in [-0.3, -0.25) is 0 Å². The number of hydrogen-bond donors (Lipinski definition) is 0.